The summed E-state index contributed by atoms with van der Waals surface area (Å²) in [6, 6.07) is 3.37. The average molecular weight is 1760 g/mol. The van der Waals surface area contributed by atoms with Crippen LogP contribution in [0, 0.1) is 0 Å². The molecule has 0 saturated carbocycles. The van der Waals surface area contributed by atoms with Gasteiger partial charge in [-0.1, -0.05) is 30.4 Å². The molecule has 12 aliphatic heterocycles. The fourth-order valence-electron chi connectivity index (χ4n) is 11.8. The Balaban J connectivity index is 0.000000661. The first-order valence-corrected chi connectivity index (χ1v) is 47.9. The van der Waals surface area contributed by atoms with Crippen LogP contribution >= 0.6 is 23.5 Å². The number of hydrogen-bond acceptors (Lipinski definition) is 35. The van der Waals surface area contributed by atoms with E-state index in [1.165, 1.54) is 118 Å². The lowest BCUT2D eigenvalue weighted by Gasteiger charge is -2.31. The van der Waals surface area contributed by atoms with Gasteiger partial charge in [0.05, 0.1) is 51.0 Å². The van der Waals surface area contributed by atoms with Gasteiger partial charge in [-0.25, -0.2) is 9.98 Å². The summed E-state index contributed by atoms with van der Waals surface area (Å²) in [5.74, 6) is 10.6. The molecule has 13 rings (SSSR count). The molecule has 34 nitrogen and oxygen atoms in total. The highest BCUT2D eigenvalue weighted by Gasteiger charge is 2.19. The van der Waals surface area contributed by atoms with Gasteiger partial charge in [-0.3, -0.25) is 49.6 Å². The molecular weight excluding hydrogens is 1580 g/mol. The van der Waals surface area contributed by atoms with Crippen LogP contribution in [0.4, 0.5) is 5.82 Å². The molecule has 12 aliphatic rings. The molecule has 122 heavy (non-hydrogen) atoms. The fourth-order valence-corrected chi connectivity index (χ4v) is 13.7. The molecule has 36 heteroatoms. The summed E-state index contributed by atoms with van der Waals surface area (Å²) in [5, 5.41) is 12.8. The summed E-state index contributed by atoms with van der Waals surface area (Å²) >= 11 is 3.72. The summed E-state index contributed by atoms with van der Waals surface area (Å²) in [6.45, 7) is 63.4. The van der Waals surface area contributed by atoms with E-state index in [-0.39, 0.29) is 0 Å². The largest absolute Gasteiger partial charge is 0.465 e. The van der Waals surface area contributed by atoms with Gasteiger partial charge in [0.2, 0.25) is 0 Å². The second kappa shape index (κ2) is 70.7. The van der Waals surface area contributed by atoms with Gasteiger partial charge in [0, 0.05) is 298 Å². The van der Waals surface area contributed by atoms with Crippen molar-refractivity contribution in [1.82, 2.24) is 93.9 Å². The molecule has 0 unspecified atom stereocenters. The number of piperazine rings is 1. The Morgan fingerprint density at radius 3 is 1.20 bits per heavy atom. The van der Waals surface area contributed by atoms with Crippen molar-refractivity contribution in [1.29, 1.82) is 0 Å². The summed E-state index contributed by atoms with van der Waals surface area (Å²) in [4.78, 5) is 80.0. The summed E-state index contributed by atoms with van der Waals surface area (Å²) in [5.41, 5.74) is 10.8. The number of nitrogens with zero attached hydrogens (tertiary/aromatic N) is 28. The zero-order chi connectivity index (χ0) is 90.8. The highest BCUT2D eigenvalue weighted by atomic mass is 32.2. The van der Waals surface area contributed by atoms with Crippen LogP contribution in [0.15, 0.2) is 67.2 Å². The number of ether oxygens (including phenoxy) is 2. The van der Waals surface area contributed by atoms with Crippen molar-refractivity contribution in [3.63, 3.8) is 0 Å². The molecule has 0 radical (unpaired) electrons. The number of aliphatic imine (C=N–C) groups is 11. The fraction of sp³-hybridized carbons (Fsp3) is 0.837. The zero-order valence-corrected chi connectivity index (χ0v) is 83.6. The number of nitrogens with one attached hydrogen (secondary N) is 2. The first-order chi connectivity index (χ1) is 58.7. The highest BCUT2D eigenvalue weighted by molar-refractivity contribution is 8.14. The van der Waals surface area contributed by atoms with E-state index < -0.39 is 0 Å². The molecule has 0 aromatic carbocycles. The third-order valence-corrected chi connectivity index (χ3v) is 23.5. The van der Waals surface area contributed by atoms with E-state index >= 15 is 0 Å². The SMILES string of the molecule is CCN(C)C1=NCCC1.CCN(C)C1=NCCCC1.CCN(C)C1=NCCCN1.CCN(C)C1=NCCCN1C.CCN(C)C1=NCCCO1.CCN(C)C1=NCCCS1.CCN(C)C1=NCCN1.CCN(C)C1=NCCN1C.CCN(C)C1=NCCO1.CCN(C)C1=NCCS1.CCN1CCN(C)CC1.CCN1CCN=C1N.CCn1ccc(N)n1. The molecule has 13 heterocycles. The maximum atomic E-state index is 5.47. The van der Waals surface area contributed by atoms with Crippen molar-refractivity contribution in [2.24, 2.45) is 60.7 Å². The third kappa shape index (κ3) is 49.2. The van der Waals surface area contributed by atoms with E-state index in [9.17, 15) is 0 Å². The normalized spacial score (nSPS) is 17.8. The first-order valence-electron chi connectivity index (χ1n) is 45.9. The number of aryl methyl sites for hydroxylation is 1. The topological polar surface area (TPSA) is 297 Å². The van der Waals surface area contributed by atoms with Crippen LogP contribution in [-0.2, 0) is 16.0 Å². The molecule has 0 spiro atoms. The number of aromatic nitrogens is 2. The van der Waals surface area contributed by atoms with E-state index in [2.05, 4.69) is 288 Å². The van der Waals surface area contributed by atoms with E-state index in [1.807, 2.05) is 67.6 Å². The standard InChI is InChI=1S/C8H17N3.C8H16N2.2C7H15N3.C7H14N2O.C7H14N2S.C7H16N2.C7H14N2.C6H13N3.C6H12N2O.C6H12N2S.C5H11N3.C5H9N3/c1-4-10(2)8-9-6-5-7-11(8)3;1-3-10(2)8-6-4-5-7-9-8;1-4-9(2)7-8-5-6-10(7)3;1-3-10(2)7-8-5-4-6-9-7;2*1-3-9(2)7-8-5-4-6-10-7;1-3-9-6-4-8(2)5-7-9;1-3-9(2)7-5-4-6-8-7;1-3-9(2)6-7-4-5-8-6;2*1-3-8(2)6-7-4-5-9-6;1-2-8-4-3-7-5(8)6;1-2-8-4-3-5(6)7-8/h4-7H2,1-3H3;3-7H2,1-2H3;4-6H2,1-3H3;3-6H2,1-2H3,(H,8,9);2*3-6H2,1-2H3;3-7H2,1-2H3;3-6H2,1-2H3;3-5H2,1-2H3,(H,7,8);2*3-5H2,1-2H3;2-4H2,1H3,(H2,6,7);3-4H,2H2,1H3,(H2,6,7). The number of hydrogen-bond donors (Lipinski definition) is 4. The van der Waals surface area contributed by atoms with Crippen molar-refractivity contribution in [3.8, 4) is 0 Å². The van der Waals surface area contributed by atoms with Crippen molar-refractivity contribution < 1.29 is 9.47 Å². The van der Waals surface area contributed by atoms with Crippen molar-refractivity contribution in [2.75, 3.05) is 332 Å². The monoisotopic (exact) mass is 1760 g/mol. The van der Waals surface area contributed by atoms with Gasteiger partial charge in [0.15, 0.2) is 40.1 Å². The first kappa shape index (κ1) is 112. The van der Waals surface area contributed by atoms with E-state index in [4.69, 9.17) is 20.9 Å². The minimum Gasteiger partial charge on any atom is -0.465 e. The second-order valence-corrected chi connectivity index (χ2v) is 32.5. The predicted molar refractivity (Wildman–Crippen MR) is 531 cm³/mol. The Kier molecular flexibility index (Phi) is 65.1. The third-order valence-electron chi connectivity index (χ3n) is 21.2. The van der Waals surface area contributed by atoms with Gasteiger partial charge < -0.3 is 105 Å². The maximum Gasteiger partial charge on any atom is 0.287 e. The van der Waals surface area contributed by atoms with Crippen molar-refractivity contribution in [2.45, 2.75) is 154 Å². The van der Waals surface area contributed by atoms with Crippen LogP contribution in [0.2, 0.25) is 0 Å². The molecular formula is C86H178N32O2S2. The molecule has 0 amide bonds. The van der Waals surface area contributed by atoms with Crippen molar-refractivity contribution >= 4 is 93.2 Å². The van der Waals surface area contributed by atoms with Gasteiger partial charge >= 0.3 is 0 Å². The van der Waals surface area contributed by atoms with Gasteiger partial charge in [0.1, 0.15) is 12.4 Å². The number of likely N-dealkylation sites (N-methyl/N-ethyl adjacent to an activating group) is 4. The molecule has 0 bridgehead atoms. The molecule has 0 aliphatic carbocycles. The molecule has 1 aromatic rings. The van der Waals surface area contributed by atoms with Gasteiger partial charge in [-0.15, -0.1) is 0 Å². The summed E-state index contributed by atoms with van der Waals surface area (Å²) in [7, 11) is 27.0. The Bertz CT molecular complexity index is 2930. The van der Waals surface area contributed by atoms with Gasteiger partial charge in [0.25, 0.3) is 12.0 Å². The molecule has 0 atom stereocenters. The maximum absolute atomic E-state index is 5.47. The van der Waals surface area contributed by atoms with E-state index in [0.717, 1.165) is 239 Å². The number of thioether (sulfide) groups is 2. The molecule has 706 valence electrons. The zero-order valence-electron chi connectivity index (χ0n) is 82.0. The molecule has 6 N–H and O–H groups in total. The molecule has 1 aromatic heterocycles. The summed E-state index contributed by atoms with van der Waals surface area (Å²) in [6.07, 6.45) is 12.7. The minimum atomic E-state index is 0.590. The Morgan fingerprint density at radius 2 is 0.836 bits per heavy atom. The van der Waals surface area contributed by atoms with Gasteiger partial charge in [-0.05, 0) is 141 Å². The Morgan fingerprint density at radius 1 is 0.369 bits per heavy atom. The van der Waals surface area contributed by atoms with Crippen LogP contribution in [0.25, 0.3) is 0 Å². The van der Waals surface area contributed by atoms with E-state index in [1.54, 1.807) is 10.7 Å². The number of amidine groups is 6. The lowest BCUT2D eigenvalue weighted by molar-refractivity contribution is 0.160. The Hall–Kier alpha value is -7.60. The number of anilines is 1. The van der Waals surface area contributed by atoms with Crippen LogP contribution in [0.5, 0.6) is 0 Å². The lowest BCUT2D eigenvalue weighted by atomic mass is 10.2. The van der Waals surface area contributed by atoms with Crippen LogP contribution in [-0.4, -0.2) is 473 Å². The predicted octanol–water partition coefficient (Wildman–Crippen LogP) is 7.59. The van der Waals surface area contributed by atoms with E-state index in [0.29, 0.717) is 11.8 Å². The van der Waals surface area contributed by atoms with Gasteiger partial charge in [-0.2, -0.15) is 5.10 Å². The Labute approximate surface area is 751 Å². The number of rotatable bonds is 13. The van der Waals surface area contributed by atoms with Crippen LogP contribution < -0.4 is 22.1 Å². The highest BCUT2D eigenvalue weighted by Crippen LogP contribution is 2.16. The van der Waals surface area contributed by atoms with Crippen molar-refractivity contribution in [3.05, 3.63) is 12.3 Å². The summed E-state index contributed by atoms with van der Waals surface area (Å²) < 4.78 is 12.3. The second-order valence-electron chi connectivity index (χ2n) is 30.4. The molecule has 1 fully saturated rings. The number of guanidine groups is 5. The average Bonchev–Trinajstić information content (AvgIpc) is 1.11. The number of nitrogen functional groups attached to an aromatic ring is 1. The number of nitrogens with two attached hydrogens (primary N) is 2. The smallest absolute Gasteiger partial charge is 0.287 e. The van der Waals surface area contributed by atoms with Crippen LogP contribution in [0.1, 0.15) is 148 Å². The quantitative estimate of drug-likeness (QED) is 0.148. The minimum absolute atomic E-state index is 0.590. The molecule has 1 saturated heterocycles. The lowest BCUT2D eigenvalue weighted by Crippen LogP contribution is -2.44. The van der Waals surface area contributed by atoms with Crippen LogP contribution in [0.3, 0.4) is 0 Å².